The van der Waals surface area contributed by atoms with E-state index in [9.17, 15) is 14.4 Å². The Labute approximate surface area is 183 Å². The minimum absolute atomic E-state index is 0.0656. The fraction of sp³-hybridized carbons (Fsp3) is 0.304. The van der Waals surface area contributed by atoms with Crippen LogP contribution in [-0.2, 0) is 16.9 Å². The zero-order valence-corrected chi connectivity index (χ0v) is 17.9. The van der Waals surface area contributed by atoms with Gasteiger partial charge in [-0.15, -0.1) is 0 Å². The zero-order chi connectivity index (χ0) is 22.6. The van der Waals surface area contributed by atoms with E-state index in [1.807, 2.05) is 6.07 Å². The number of hydrogen-bond acceptors (Lipinski definition) is 6. The number of carbonyl (C=O) groups is 3. The molecule has 1 aromatic carbocycles. The van der Waals surface area contributed by atoms with Crippen LogP contribution in [-0.4, -0.2) is 52.3 Å². The summed E-state index contributed by atoms with van der Waals surface area (Å²) in [7, 11) is 1.54. The molecule has 3 aromatic rings. The lowest BCUT2D eigenvalue weighted by atomic mass is 9.94. The Bertz CT molecular complexity index is 1230. The van der Waals surface area contributed by atoms with E-state index < -0.39 is 17.5 Å². The summed E-state index contributed by atoms with van der Waals surface area (Å²) in [6, 6.07) is 7.83. The minimum Gasteiger partial charge on any atom is -0.497 e. The second-order valence-corrected chi connectivity index (χ2v) is 8.31. The standard InChI is InChI=1S/C23H22N4O5/c1-13(2)27-21(29)23(25-22(27)30,19-8-15-10-24-7-6-18(15)32-19)12-26-11-14-4-5-16(31-3)9-17(14)20(26)28/h4-10,13H,11-12H2,1-3H3,(H,25,30)/t23-/m0/s1. The summed E-state index contributed by atoms with van der Waals surface area (Å²) in [5, 5.41) is 3.53. The number of ether oxygens (including phenoxy) is 1. The van der Waals surface area contributed by atoms with Crippen LogP contribution in [0.1, 0.15) is 35.5 Å². The highest BCUT2D eigenvalue weighted by atomic mass is 16.5. The second-order valence-electron chi connectivity index (χ2n) is 8.31. The Hall–Kier alpha value is -3.88. The highest BCUT2D eigenvalue weighted by molar-refractivity contribution is 6.08. The van der Waals surface area contributed by atoms with Crippen molar-refractivity contribution in [2.24, 2.45) is 0 Å². The van der Waals surface area contributed by atoms with Gasteiger partial charge in [0.05, 0.1) is 13.7 Å². The van der Waals surface area contributed by atoms with E-state index in [-0.39, 0.29) is 24.3 Å². The first-order valence-corrected chi connectivity index (χ1v) is 10.3. The number of nitrogens with one attached hydrogen (secondary N) is 1. The van der Waals surface area contributed by atoms with E-state index in [2.05, 4.69) is 10.3 Å². The molecule has 2 aromatic heterocycles. The third-order valence-electron chi connectivity index (χ3n) is 6.00. The average Bonchev–Trinajstić information content (AvgIpc) is 3.41. The number of furan rings is 1. The lowest BCUT2D eigenvalue weighted by Crippen LogP contribution is -2.53. The lowest BCUT2D eigenvalue weighted by Gasteiger charge is -2.30. The molecule has 5 rings (SSSR count). The molecule has 0 aliphatic carbocycles. The van der Waals surface area contributed by atoms with E-state index in [0.717, 1.165) is 5.56 Å². The Morgan fingerprint density at radius 3 is 2.72 bits per heavy atom. The van der Waals surface area contributed by atoms with Crippen molar-refractivity contribution in [1.82, 2.24) is 20.1 Å². The van der Waals surface area contributed by atoms with Crippen molar-refractivity contribution < 1.29 is 23.5 Å². The molecule has 9 heteroatoms. The largest absolute Gasteiger partial charge is 0.497 e. The van der Waals surface area contributed by atoms with Crippen molar-refractivity contribution in [2.75, 3.05) is 13.7 Å². The first-order valence-electron chi connectivity index (χ1n) is 10.3. The van der Waals surface area contributed by atoms with Gasteiger partial charge in [-0.3, -0.25) is 19.5 Å². The van der Waals surface area contributed by atoms with E-state index >= 15 is 0 Å². The molecular weight excluding hydrogens is 412 g/mol. The fourth-order valence-electron chi connectivity index (χ4n) is 4.39. The quantitative estimate of drug-likeness (QED) is 0.619. The van der Waals surface area contributed by atoms with Gasteiger partial charge in [0.15, 0.2) is 5.54 Å². The van der Waals surface area contributed by atoms with Crippen molar-refractivity contribution in [2.45, 2.75) is 32.0 Å². The number of pyridine rings is 1. The molecule has 9 nitrogen and oxygen atoms in total. The first-order chi connectivity index (χ1) is 15.3. The molecule has 32 heavy (non-hydrogen) atoms. The highest BCUT2D eigenvalue weighted by Crippen LogP contribution is 2.37. The van der Waals surface area contributed by atoms with Gasteiger partial charge in [0.1, 0.15) is 17.1 Å². The van der Waals surface area contributed by atoms with Gasteiger partial charge in [-0.1, -0.05) is 6.07 Å². The fourth-order valence-corrected chi connectivity index (χ4v) is 4.39. The number of aromatic nitrogens is 1. The van der Waals surface area contributed by atoms with Crippen LogP contribution in [0.25, 0.3) is 11.0 Å². The number of nitrogens with zero attached hydrogens (tertiary/aromatic N) is 3. The summed E-state index contributed by atoms with van der Waals surface area (Å²) in [6.07, 6.45) is 3.21. The van der Waals surface area contributed by atoms with E-state index in [1.165, 1.54) is 12.0 Å². The smallest absolute Gasteiger partial charge is 0.325 e. The topological polar surface area (TPSA) is 105 Å². The maximum absolute atomic E-state index is 13.6. The number of amides is 4. The molecule has 1 fully saturated rings. The average molecular weight is 434 g/mol. The van der Waals surface area contributed by atoms with E-state index in [0.29, 0.717) is 28.8 Å². The number of imide groups is 1. The van der Waals surface area contributed by atoms with Crippen LogP contribution < -0.4 is 10.1 Å². The van der Waals surface area contributed by atoms with Gasteiger partial charge in [0.25, 0.3) is 11.8 Å². The molecule has 4 heterocycles. The molecule has 0 spiro atoms. The SMILES string of the molecule is COc1ccc2c(c1)C(=O)N(C[C@@]1(c3cc4cnccc4o3)NC(=O)N(C(C)C)C1=O)C2. The van der Waals surface area contributed by atoms with Crippen molar-refractivity contribution in [3.05, 3.63) is 59.6 Å². The van der Waals surface area contributed by atoms with Crippen LogP contribution in [0.4, 0.5) is 4.79 Å². The van der Waals surface area contributed by atoms with Crippen molar-refractivity contribution in [3.63, 3.8) is 0 Å². The van der Waals surface area contributed by atoms with Crippen LogP contribution in [0.3, 0.4) is 0 Å². The summed E-state index contributed by atoms with van der Waals surface area (Å²) in [6.45, 7) is 3.77. The van der Waals surface area contributed by atoms with Gasteiger partial charge in [-0.2, -0.15) is 0 Å². The number of fused-ring (bicyclic) bond motifs is 2. The molecule has 0 bridgehead atoms. The van der Waals surface area contributed by atoms with Crippen molar-refractivity contribution in [1.29, 1.82) is 0 Å². The molecule has 2 aliphatic rings. The molecule has 0 radical (unpaired) electrons. The molecule has 164 valence electrons. The normalized spacial score (nSPS) is 20.4. The van der Waals surface area contributed by atoms with Crippen LogP contribution in [0.2, 0.25) is 0 Å². The molecule has 2 aliphatic heterocycles. The number of urea groups is 1. The molecule has 1 saturated heterocycles. The summed E-state index contributed by atoms with van der Waals surface area (Å²) >= 11 is 0. The van der Waals surface area contributed by atoms with Gasteiger partial charge in [-0.25, -0.2) is 4.79 Å². The molecular formula is C23H22N4O5. The highest BCUT2D eigenvalue weighted by Gasteiger charge is 2.57. The Kier molecular flexibility index (Phi) is 4.44. The number of methoxy groups -OCH3 is 1. The number of rotatable bonds is 5. The third-order valence-corrected chi connectivity index (χ3v) is 6.00. The summed E-state index contributed by atoms with van der Waals surface area (Å²) < 4.78 is 11.2. The lowest BCUT2D eigenvalue weighted by molar-refractivity contribution is -0.133. The van der Waals surface area contributed by atoms with Crippen LogP contribution in [0, 0.1) is 0 Å². The minimum atomic E-state index is -1.54. The van der Waals surface area contributed by atoms with E-state index in [4.69, 9.17) is 9.15 Å². The number of carbonyl (C=O) groups excluding carboxylic acids is 3. The third kappa shape index (κ3) is 2.84. The van der Waals surface area contributed by atoms with Crippen molar-refractivity contribution in [3.8, 4) is 5.75 Å². The van der Waals surface area contributed by atoms with Crippen LogP contribution >= 0.6 is 0 Å². The summed E-state index contributed by atoms with van der Waals surface area (Å²) in [4.78, 5) is 46.4. The summed E-state index contributed by atoms with van der Waals surface area (Å²) in [5.41, 5.74) is 0.352. The Morgan fingerprint density at radius 1 is 1.22 bits per heavy atom. The van der Waals surface area contributed by atoms with Gasteiger partial charge in [0.2, 0.25) is 0 Å². The maximum Gasteiger partial charge on any atom is 0.325 e. The number of hydrogen-bond donors (Lipinski definition) is 1. The number of benzene rings is 1. The Balaban J connectivity index is 1.58. The Morgan fingerprint density at radius 2 is 2.03 bits per heavy atom. The van der Waals surface area contributed by atoms with Gasteiger partial charge < -0.3 is 19.4 Å². The predicted molar refractivity (Wildman–Crippen MR) is 114 cm³/mol. The van der Waals surface area contributed by atoms with Crippen LogP contribution in [0.15, 0.2) is 47.1 Å². The van der Waals surface area contributed by atoms with Gasteiger partial charge >= 0.3 is 6.03 Å². The molecule has 0 unspecified atom stereocenters. The van der Waals surface area contributed by atoms with Gasteiger partial charge in [-0.05, 0) is 43.7 Å². The van der Waals surface area contributed by atoms with E-state index in [1.54, 1.807) is 55.4 Å². The van der Waals surface area contributed by atoms with Gasteiger partial charge in [0, 0.05) is 35.9 Å². The maximum atomic E-state index is 13.6. The second kappa shape index (κ2) is 7.08. The molecule has 1 atom stereocenters. The van der Waals surface area contributed by atoms with Crippen molar-refractivity contribution >= 4 is 28.8 Å². The molecule has 4 amide bonds. The predicted octanol–water partition coefficient (Wildman–Crippen LogP) is 2.65. The zero-order valence-electron chi connectivity index (χ0n) is 17.9. The summed E-state index contributed by atoms with van der Waals surface area (Å²) in [5.74, 6) is 0.157. The monoisotopic (exact) mass is 434 g/mol. The molecule has 1 N–H and O–H groups in total. The van der Waals surface area contributed by atoms with Crippen LogP contribution in [0.5, 0.6) is 5.75 Å². The molecule has 0 saturated carbocycles. The first kappa shape index (κ1) is 20.0.